The number of hydrogen-bond donors (Lipinski definition) is 1. The largest absolute Gasteiger partial charge is 0.462 e. The van der Waals surface area contributed by atoms with Crippen LogP contribution in [0.15, 0.2) is 35.5 Å². The highest BCUT2D eigenvalue weighted by atomic mass is 32.1. The summed E-state index contributed by atoms with van der Waals surface area (Å²) in [5.74, 6) is -2.25. The molecule has 190 valence electrons. The van der Waals surface area contributed by atoms with Gasteiger partial charge in [-0.25, -0.2) is 4.79 Å². The van der Waals surface area contributed by atoms with E-state index in [1.54, 1.807) is 24.0 Å². The maximum atomic E-state index is 13.4. The molecule has 2 atom stereocenters. The molecule has 1 aromatic heterocycles. The molecule has 3 aliphatic rings. The van der Waals surface area contributed by atoms with Crippen LogP contribution in [0.5, 0.6) is 0 Å². The van der Waals surface area contributed by atoms with E-state index in [1.807, 2.05) is 0 Å². The number of nitro benzene ring substituents is 1. The number of carbonyl (C=O) groups is 2. The molecule has 2 aromatic rings. The molecule has 1 aromatic carbocycles. The van der Waals surface area contributed by atoms with Crippen LogP contribution in [0.3, 0.4) is 0 Å². The number of amidine groups is 1. The second-order valence-corrected chi connectivity index (χ2v) is 10.5. The first-order valence-corrected chi connectivity index (χ1v) is 13.3. The highest BCUT2D eigenvalue weighted by Gasteiger charge is 2.46. The molecule has 1 N–H and O–H groups in total. The van der Waals surface area contributed by atoms with Crippen molar-refractivity contribution in [3.8, 4) is 6.07 Å². The van der Waals surface area contributed by atoms with E-state index < -0.39 is 22.7 Å². The van der Waals surface area contributed by atoms with Crippen LogP contribution in [0.25, 0.3) is 0 Å². The van der Waals surface area contributed by atoms with Crippen LogP contribution in [0.2, 0.25) is 0 Å². The average molecular weight is 519 g/mol. The van der Waals surface area contributed by atoms with Crippen LogP contribution >= 0.6 is 11.3 Å². The third kappa shape index (κ3) is 4.13. The molecule has 2 unspecified atom stereocenters. The number of allylic oxidation sites excluding steroid dienone is 2. The summed E-state index contributed by atoms with van der Waals surface area (Å²) >= 11 is 1.45. The van der Waals surface area contributed by atoms with Gasteiger partial charge in [-0.2, -0.15) is 5.26 Å². The second kappa shape index (κ2) is 9.90. The van der Waals surface area contributed by atoms with Crippen LogP contribution in [-0.4, -0.2) is 29.1 Å². The Morgan fingerprint density at radius 2 is 1.95 bits per heavy atom. The van der Waals surface area contributed by atoms with Crippen molar-refractivity contribution in [3.05, 3.63) is 67.2 Å². The minimum Gasteiger partial charge on any atom is -0.462 e. The number of fused-ring (bicyclic) bond motifs is 1. The summed E-state index contributed by atoms with van der Waals surface area (Å²) in [6.07, 6.45) is 5.02. The van der Waals surface area contributed by atoms with Gasteiger partial charge in [-0.05, 0) is 56.6 Å². The summed E-state index contributed by atoms with van der Waals surface area (Å²) in [6, 6.07) is 8.08. The Kier molecular flexibility index (Phi) is 6.65. The van der Waals surface area contributed by atoms with Gasteiger partial charge in [-0.3, -0.25) is 25.2 Å². The van der Waals surface area contributed by atoms with Gasteiger partial charge in [0.2, 0.25) is 0 Å². The summed E-state index contributed by atoms with van der Waals surface area (Å²) in [6.45, 7) is 1.97. The molecule has 0 saturated carbocycles. The minimum absolute atomic E-state index is 0.00319. The van der Waals surface area contributed by atoms with E-state index in [0.29, 0.717) is 46.7 Å². The van der Waals surface area contributed by atoms with Gasteiger partial charge in [0.1, 0.15) is 16.8 Å². The molecule has 2 aliphatic carbocycles. The minimum atomic E-state index is -1.00. The zero-order valence-electron chi connectivity index (χ0n) is 20.4. The number of rotatable bonds is 5. The summed E-state index contributed by atoms with van der Waals surface area (Å²) in [5.41, 5.74) is 3.00. The maximum Gasteiger partial charge on any atom is 0.341 e. The zero-order chi connectivity index (χ0) is 26.3. The van der Waals surface area contributed by atoms with Crippen LogP contribution in [0.1, 0.15) is 71.3 Å². The predicted octanol–water partition coefficient (Wildman–Crippen LogP) is 5.44. The molecule has 0 bridgehead atoms. The fourth-order valence-corrected chi connectivity index (χ4v) is 7.11. The van der Waals surface area contributed by atoms with Gasteiger partial charge in [0.05, 0.1) is 23.2 Å². The standard InChI is InChI=1S/C27H26N4O5S/c1-2-36-27(33)23-17-6-3-4-9-21(17)37-26(23)30-19-7-5-8-20(32)24(19)22(18(14-28)25(30)29)15-10-12-16(13-11-15)31(34)35/h10-13,18,22,29H,2-9H2,1H3. The molecule has 1 aliphatic heterocycles. The van der Waals surface area contributed by atoms with Gasteiger partial charge >= 0.3 is 5.97 Å². The monoisotopic (exact) mass is 518 g/mol. The number of nitrogens with one attached hydrogen (secondary N) is 1. The van der Waals surface area contributed by atoms with E-state index in [-0.39, 0.29) is 23.9 Å². The fourth-order valence-electron chi connectivity index (χ4n) is 5.69. The Balaban J connectivity index is 1.72. The second-order valence-electron chi connectivity index (χ2n) is 9.40. The Bertz CT molecular complexity index is 1380. The molecule has 10 heteroatoms. The van der Waals surface area contributed by atoms with Crippen molar-refractivity contribution >= 4 is 39.6 Å². The van der Waals surface area contributed by atoms with Crippen molar-refractivity contribution in [2.75, 3.05) is 11.5 Å². The lowest BCUT2D eigenvalue weighted by Crippen LogP contribution is -2.46. The number of Topliss-reactive ketones (excluding diaryl/α,β-unsaturated/α-hetero) is 1. The van der Waals surface area contributed by atoms with E-state index in [9.17, 15) is 30.4 Å². The van der Waals surface area contributed by atoms with E-state index in [0.717, 1.165) is 36.1 Å². The summed E-state index contributed by atoms with van der Waals surface area (Å²) in [4.78, 5) is 40.0. The summed E-state index contributed by atoms with van der Waals surface area (Å²) < 4.78 is 5.42. The van der Waals surface area contributed by atoms with Crippen molar-refractivity contribution in [1.29, 1.82) is 10.7 Å². The van der Waals surface area contributed by atoms with E-state index in [2.05, 4.69) is 6.07 Å². The van der Waals surface area contributed by atoms with Gasteiger partial charge < -0.3 is 4.74 Å². The number of non-ortho nitro benzene ring substituents is 1. The number of carbonyl (C=O) groups excluding carboxylic acids is 2. The van der Waals surface area contributed by atoms with Crippen molar-refractivity contribution in [2.45, 2.75) is 57.8 Å². The topological polar surface area (TPSA) is 137 Å². The Hall–Kier alpha value is -3.84. The number of anilines is 1. The maximum absolute atomic E-state index is 13.4. The first-order valence-electron chi connectivity index (χ1n) is 12.5. The highest BCUT2D eigenvalue weighted by Crippen LogP contribution is 2.50. The first kappa shape index (κ1) is 24.8. The van der Waals surface area contributed by atoms with Crippen LogP contribution < -0.4 is 4.90 Å². The molecular weight excluding hydrogens is 492 g/mol. The van der Waals surface area contributed by atoms with E-state index in [1.165, 1.54) is 23.5 Å². The van der Waals surface area contributed by atoms with Gasteiger partial charge in [0, 0.05) is 40.6 Å². The van der Waals surface area contributed by atoms with Crippen molar-refractivity contribution in [1.82, 2.24) is 0 Å². The number of esters is 1. The Morgan fingerprint density at radius 3 is 2.62 bits per heavy atom. The third-order valence-electron chi connectivity index (χ3n) is 7.32. The zero-order valence-corrected chi connectivity index (χ0v) is 21.2. The normalized spacial score (nSPS) is 21.2. The number of hydrogen-bond acceptors (Lipinski definition) is 8. The lowest BCUT2D eigenvalue weighted by atomic mass is 9.72. The number of nitrogens with zero attached hydrogens (tertiary/aromatic N) is 3. The molecule has 37 heavy (non-hydrogen) atoms. The molecule has 9 nitrogen and oxygen atoms in total. The van der Waals surface area contributed by atoms with Crippen LogP contribution in [0, 0.1) is 32.8 Å². The van der Waals surface area contributed by atoms with Crippen molar-refractivity contribution in [3.63, 3.8) is 0 Å². The molecule has 0 fully saturated rings. The quantitative estimate of drug-likeness (QED) is 0.316. The van der Waals surface area contributed by atoms with Crippen molar-refractivity contribution in [2.24, 2.45) is 5.92 Å². The summed E-state index contributed by atoms with van der Waals surface area (Å²) in [7, 11) is 0. The van der Waals surface area contributed by atoms with Crippen LogP contribution in [-0.2, 0) is 22.4 Å². The number of ketones is 1. The lowest BCUT2D eigenvalue weighted by Gasteiger charge is -2.42. The van der Waals surface area contributed by atoms with E-state index >= 15 is 0 Å². The molecule has 0 amide bonds. The van der Waals surface area contributed by atoms with Gasteiger partial charge in [-0.1, -0.05) is 12.1 Å². The molecule has 5 rings (SSSR count). The molecule has 2 heterocycles. The third-order valence-corrected chi connectivity index (χ3v) is 8.59. The number of ether oxygens (including phenoxy) is 1. The SMILES string of the molecule is CCOC(=O)c1c(N2C(=N)C(C#N)C(c3ccc([N+](=O)[O-])cc3)C3=C2CCCC3=O)sc2c1CCCC2. The van der Waals surface area contributed by atoms with Crippen molar-refractivity contribution < 1.29 is 19.2 Å². The lowest BCUT2D eigenvalue weighted by molar-refractivity contribution is -0.384. The van der Waals surface area contributed by atoms with Crippen LogP contribution in [0.4, 0.5) is 10.7 Å². The number of nitriles is 1. The molecule has 0 spiro atoms. The highest BCUT2D eigenvalue weighted by molar-refractivity contribution is 7.17. The summed E-state index contributed by atoms with van der Waals surface area (Å²) in [5, 5.41) is 31.2. The number of thiophene rings is 1. The van der Waals surface area contributed by atoms with Gasteiger partial charge in [0.15, 0.2) is 5.78 Å². The fraction of sp³-hybridized carbons (Fsp3) is 0.407. The number of benzene rings is 1. The number of nitro groups is 1. The molecule has 0 saturated heterocycles. The average Bonchev–Trinajstić information content (AvgIpc) is 3.27. The predicted molar refractivity (Wildman–Crippen MR) is 138 cm³/mol. The first-order chi connectivity index (χ1) is 17.9. The molecule has 0 radical (unpaired) electrons. The Labute approximate surface area is 218 Å². The number of aryl methyl sites for hydroxylation is 1. The van der Waals surface area contributed by atoms with Gasteiger partial charge in [-0.15, -0.1) is 11.3 Å². The van der Waals surface area contributed by atoms with E-state index in [4.69, 9.17) is 4.74 Å². The molecular formula is C27H26N4O5S. The van der Waals surface area contributed by atoms with Gasteiger partial charge in [0.25, 0.3) is 5.69 Å². The smallest absolute Gasteiger partial charge is 0.341 e. The Morgan fingerprint density at radius 1 is 1.22 bits per heavy atom.